The van der Waals surface area contributed by atoms with Gasteiger partial charge in [0, 0.05) is 32.1 Å². The summed E-state index contributed by atoms with van der Waals surface area (Å²) in [5.74, 6) is -0.192. The third-order valence-corrected chi connectivity index (χ3v) is 3.00. The lowest BCUT2D eigenvalue weighted by molar-refractivity contribution is 0.0945. The van der Waals surface area contributed by atoms with Crippen LogP contribution in [0.1, 0.15) is 16.1 Å². The van der Waals surface area contributed by atoms with Gasteiger partial charge in [0.2, 0.25) is 0 Å². The van der Waals surface area contributed by atoms with Crippen molar-refractivity contribution in [2.75, 3.05) is 0 Å². The summed E-state index contributed by atoms with van der Waals surface area (Å²) < 4.78 is 2.37. The van der Waals surface area contributed by atoms with Crippen LogP contribution in [0.3, 0.4) is 0 Å². The van der Waals surface area contributed by atoms with Gasteiger partial charge in [-0.15, -0.1) is 0 Å². The van der Waals surface area contributed by atoms with Gasteiger partial charge < -0.3 is 5.32 Å². The Morgan fingerprint density at radius 3 is 2.76 bits per heavy atom. The molecule has 1 N–H and O–H groups in total. The minimum atomic E-state index is -0.192. The molecule has 0 saturated heterocycles. The number of nitrogens with zero attached hydrogens (tertiary/aromatic N) is 3. The van der Waals surface area contributed by atoms with Crippen molar-refractivity contribution in [3.63, 3.8) is 0 Å². The molecule has 0 fully saturated rings. The number of aryl methyl sites for hydroxylation is 1. The van der Waals surface area contributed by atoms with Gasteiger partial charge in [0.15, 0.2) is 5.69 Å². The van der Waals surface area contributed by atoms with E-state index >= 15 is 0 Å². The minimum absolute atomic E-state index is 0.192. The highest BCUT2D eigenvalue weighted by Crippen LogP contribution is 2.10. The molecule has 0 aromatic carbocycles. The van der Waals surface area contributed by atoms with E-state index in [9.17, 15) is 4.79 Å². The molecule has 0 atom stereocenters. The maximum Gasteiger partial charge on any atom is 0.272 e. The van der Waals surface area contributed by atoms with Crippen LogP contribution in [0.5, 0.6) is 0 Å². The number of halogens is 1. The van der Waals surface area contributed by atoms with E-state index in [1.807, 2.05) is 12.1 Å². The molecule has 88 valence electrons. The predicted molar refractivity (Wildman–Crippen MR) is 66.3 cm³/mol. The molecule has 6 heteroatoms. The molecule has 0 spiro atoms. The summed E-state index contributed by atoms with van der Waals surface area (Å²) in [7, 11) is 1.77. The van der Waals surface area contributed by atoms with E-state index in [2.05, 4.69) is 31.3 Å². The first kappa shape index (κ1) is 11.8. The molecule has 2 rings (SSSR count). The monoisotopic (exact) mass is 294 g/mol. The summed E-state index contributed by atoms with van der Waals surface area (Å²) in [6.07, 6.45) is 3.39. The third kappa shape index (κ3) is 2.91. The minimum Gasteiger partial charge on any atom is -0.347 e. The molecule has 2 aromatic rings. The zero-order valence-corrected chi connectivity index (χ0v) is 10.8. The number of carbonyl (C=O) groups excluding carboxylic acids is 1. The lowest BCUT2D eigenvalue weighted by Gasteiger charge is -2.02. The van der Waals surface area contributed by atoms with Gasteiger partial charge in [-0.1, -0.05) is 0 Å². The molecule has 0 bridgehead atoms. The third-order valence-electron chi connectivity index (χ3n) is 2.26. The van der Waals surface area contributed by atoms with Crippen LogP contribution in [0.2, 0.25) is 0 Å². The number of amides is 1. The number of aromatic nitrogens is 3. The maximum absolute atomic E-state index is 11.8. The molecule has 0 aliphatic rings. The Labute approximate surface area is 107 Å². The second-order valence-electron chi connectivity index (χ2n) is 3.51. The summed E-state index contributed by atoms with van der Waals surface area (Å²) in [5.41, 5.74) is 1.40. The van der Waals surface area contributed by atoms with Gasteiger partial charge in [0.1, 0.15) is 4.60 Å². The van der Waals surface area contributed by atoms with Gasteiger partial charge in [-0.2, -0.15) is 5.10 Å². The molecule has 2 heterocycles. The van der Waals surface area contributed by atoms with Crippen LogP contribution in [0.4, 0.5) is 0 Å². The average Bonchev–Trinajstić information content (AvgIpc) is 2.68. The molecule has 0 aliphatic carbocycles. The van der Waals surface area contributed by atoms with E-state index in [0.29, 0.717) is 12.2 Å². The second kappa shape index (κ2) is 5.09. The van der Waals surface area contributed by atoms with Gasteiger partial charge in [0.25, 0.3) is 5.91 Å². The van der Waals surface area contributed by atoms with Crippen molar-refractivity contribution >= 4 is 21.8 Å². The Bertz CT molecular complexity index is 504. The molecule has 0 unspecified atom stereocenters. The summed E-state index contributed by atoms with van der Waals surface area (Å²) in [6, 6.07) is 5.39. The van der Waals surface area contributed by atoms with Gasteiger partial charge in [-0.05, 0) is 33.6 Å². The molecular weight excluding hydrogens is 284 g/mol. The summed E-state index contributed by atoms with van der Waals surface area (Å²) in [6.45, 7) is 0.468. The predicted octanol–water partition coefficient (Wildman–Crippen LogP) is 1.51. The quantitative estimate of drug-likeness (QED) is 0.933. The summed E-state index contributed by atoms with van der Waals surface area (Å²) in [5, 5.41) is 6.86. The fourth-order valence-electron chi connectivity index (χ4n) is 1.33. The first-order chi connectivity index (χ1) is 8.16. The largest absolute Gasteiger partial charge is 0.347 e. The zero-order valence-electron chi connectivity index (χ0n) is 9.22. The first-order valence-electron chi connectivity index (χ1n) is 5.03. The Morgan fingerprint density at radius 1 is 1.47 bits per heavy atom. The Hall–Kier alpha value is -1.69. The van der Waals surface area contributed by atoms with E-state index in [1.54, 1.807) is 30.2 Å². The normalized spacial score (nSPS) is 10.2. The van der Waals surface area contributed by atoms with E-state index in [1.165, 1.54) is 0 Å². The zero-order chi connectivity index (χ0) is 12.3. The van der Waals surface area contributed by atoms with Crippen LogP contribution >= 0.6 is 15.9 Å². The Kier molecular flexibility index (Phi) is 3.53. The van der Waals surface area contributed by atoms with E-state index in [-0.39, 0.29) is 5.91 Å². The van der Waals surface area contributed by atoms with Crippen LogP contribution < -0.4 is 5.32 Å². The number of rotatable bonds is 3. The molecule has 5 nitrogen and oxygen atoms in total. The molecule has 2 aromatic heterocycles. The highest BCUT2D eigenvalue weighted by Gasteiger charge is 2.10. The SMILES string of the molecule is Cn1nc(C(=O)NCc2ccncc2)cc1Br. The lowest BCUT2D eigenvalue weighted by Crippen LogP contribution is -2.23. The van der Waals surface area contributed by atoms with Gasteiger partial charge in [-0.3, -0.25) is 14.5 Å². The van der Waals surface area contributed by atoms with Crippen molar-refractivity contribution in [1.29, 1.82) is 0 Å². The smallest absolute Gasteiger partial charge is 0.272 e. The number of pyridine rings is 1. The molecule has 17 heavy (non-hydrogen) atoms. The van der Waals surface area contributed by atoms with Crippen LogP contribution in [-0.2, 0) is 13.6 Å². The summed E-state index contributed by atoms with van der Waals surface area (Å²) >= 11 is 3.29. The number of nitrogens with one attached hydrogen (secondary N) is 1. The Balaban J connectivity index is 1.98. The van der Waals surface area contributed by atoms with Gasteiger partial charge in [0.05, 0.1) is 0 Å². The van der Waals surface area contributed by atoms with E-state index in [4.69, 9.17) is 0 Å². The number of hydrogen-bond acceptors (Lipinski definition) is 3. The van der Waals surface area contributed by atoms with Crippen molar-refractivity contribution < 1.29 is 4.79 Å². The number of hydrogen-bond donors (Lipinski definition) is 1. The fourth-order valence-corrected chi connectivity index (χ4v) is 1.63. The molecule has 0 saturated carbocycles. The summed E-state index contributed by atoms with van der Waals surface area (Å²) in [4.78, 5) is 15.7. The molecule has 0 radical (unpaired) electrons. The highest BCUT2D eigenvalue weighted by molar-refractivity contribution is 9.10. The average molecular weight is 295 g/mol. The van der Waals surface area contributed by atoms with Gasteiger partial charge >= 0.3 is 0 Å². The highest BCUT2D eigenvalue weighted by atomic mass is 79.9. The standard InChI is InChI=1S/C11H11BrN4O/c1-16-10(12)6-9(15-16)11(17)14-7-8-2-4-13-5-3-8/h2-6H,7H2,1H3,(H,14,17). The van der Waals surface area contributed by atoms with Crippen LogP contribution in [0.25, 0.3) is 0 Å². The van der Waals surface area contributed by atoms with E-state index in [0.717, 1.165) is 10.2 Å². The topological polar surface area (TPSA) is 59.8 Å². The van der Waals surface area contributed by atoms with Crippen molar-refractivity contribution in [3.8, 4) is 0 Å². The first-order valence-corrected chi connectivity index (χ1v) is 5.83. The maximum atomic E-state index is 11.8. The van der Waals surface area contributed by atoms with E-state index < -0.39 is 0 Å². The lowest BCUT2D eigenvalue weighted by atomic mass is 10.2. The Morgan fingerprint density at radius 2 is 2.18 bits per heavy atom. The van der Waals surface area contributed by atoms with Crippen LogP contribution in [0.15, 0.2) is 35.2 Å². The molecule has 1 amide bonds. The number of carbonyl (C=O) groups is 1. The van der Waals surface area contributed by atoms with Gasteiger partial charge in [-0.25, -0.2) is 0 Å². The fraction of sp³-hybridized carbons (Fsp3) is 0.182. The van der Waals surface area contributed by atoms with Crippen molar-refractivity contribution in [1.82, 2.24) is 20.1 Å². The molecular formula is C11H11BrN4O. The van der Waals surface area contributed by atoms with Crippen LogP contribution in [-0.4, -0.2) is 20.7 Å². The second-order valence-corrected chi connectivity index (χ2v) is 4.33. The van der Waals surface area contributed by atoms with Crippen molar-refractivity contribution in [2.45, 2.75) is 6.54 Å². The van der Waals surface area contributed by atoms with Crippen molar-refractivity contribution in [3.05, 3.63) is 46.5 Å². The van der Waals surface area contributed by atoms with Crippen molar-refractivity contribution in [2.24, 2.45) is 7.05 Å². The molecule has 0 aliphatic heterocycles. The van der Waals surface area contributed by atoms with Crippen LogP contribution in [0, 0.1) is 0 Å².